The molecule has 3 nitrogen and oxygen atoms in total. The lowest BCUT2D eigenvalue weighted by Crippen LogP contribution is -2.32. The van der Waals surface area contributed by atoms with Crippen LogP contribution in [-0.2, 0) is 0 Å². The van der Waals surface area contributed by atoms with Gasteiger partial charge in [0.1, 0.15) is 0 Å². The van der Waals surface area contributed by atoms with E-state index >= 15 is 0 Å². The second-order valence-electron chi connectivity index (χ2n) is 1.79. The standard InChI is InChI=1S/C5H9N3/c6-4-1-2-8-3-5(4)7/h1-2,5H,3,6-7H2. The number of rotatable bonds is 0. The fraction of sp³-hybridized carbons (Fsp3) is 0.400. The van der Waals surface area contributed by atoms with E-state index in [2.05, 4.69) is 4.99 Å². The van der Waals surface area contributed by atoms with E-state index in [1.165, 1.54) is 0 Å². The molecule has 44 valence electrons. The molecule has 1 aliphatic rings. The summed E-state index contributed by atoms with van der Waals surface area (Å²) in [6.45, 7) is 0.627. The summed E-state index contributed by atoms with van der Waals surface area (Å²) in [6, 6.07) is -0.0556. The van der Waals surface area contributed by atoms with E-state index in [0.717, 1.165) is 5.70 Å². The van der Waals surface area contributed by atoms with Gasteiger partial charge in [-0.05, 0) is 6.08 Å². The topological polar surface area (TPSA) is 64.4 Å². The molecular weight excluding hydrogens is 102 g/mol. The summed E-state index contributed by atoms with van der Waals surface area (Å²) in [5, 5.41) is 0. The molecule has 1 unspecified atom stereocenters. The number of nitrogens with zero attached hydrogens (tertiary/aromatic N) is 1. The van der Waals surface area contributed by atoms with Crippen molar-refractivity contribution in [3.8, 4) is 0 Å². The van der Waals surface area contributed by atoms with Crippen LogP contribution in [0, 0.1) is 0 Å². The second-order valence-corrected chi connectivity index (χ2v) is 1.79. The molecule has 8 heavy (non-hydrogen) atoms. The summed E-state index contributed by atoms with van der Waals surface area (Å²) < 4.78 is 0. The van der Waals surface area contributed by atoms with Gasteiger partial charge in [-0.25, -0.2) is 0 Å². The number of dihydropyridines is 1. The first-order valence-corrected chi connectivity index (χ1v) is 2.52. The number of hydrogen-bond donors (Lipinski definition) is 2. The summed E-state index contributed by atoms with van der Waals surface area (Å²) in [7, 11) is 0. The van der Waals surface area contributed by atoms with Gasteiger partial charge in [0.05, 0.1) is 12.6 Å². The molecule has 1 heterocycles. The minimum atomic E-state index is -0.0556. The van der Waals surface area contributed by atoms with Gasteiger partial charge in [-0.2, -0.15) is 0 Å². The van der Waals surface area contributed by atoms with Gasteiger partial charge in [0.15, 0.2) is 0 Å². The minimum Gasteiger partial charge on any atom is -0.401 e. The first-order chi connectivity index (χ1) is 3.80. The van der Waals surface area contributed by atoms with Crippen LogP contribution in [-0.4, -0.2) is 18.8 Å². The van der Waals surface area contributed by atoms with Gasteiger partial charge in [-0.1, -0.05) is 0 Å². The van der Waals surface area contributed by atoms with Crippen LogP contribution in [0.2, 0.25) is 0 Å². The highest BCUT2D eigenvalue weighted by Crippen LogP contribution is 1.94. The van der Waals surface area contributed by atoms with Crippen molar-refractivity contribution in [3.63, 3.8) is 0 Å². The van der Waals surface area contributed by atoms with Crippen LogP contribution in [0.25, 0.3) is 0 Å². The van der Waals surface area contributed by atoms with Gasteiger partial charge in [0, 0.05) is 11.9 Å². The Morgan fingerprint density at radius 2 is 2.50 bits per heavy atom. The van der Waals surface area contributed by atoms with Crippen molar-refractivity contribution in [2.75, 3.05) is 6.54 Å². The van der Waals surface area contributed by atoms with Crippen LogP contribution in [0.5, 0.6) is 0 Å². The van der Waals surface area contributed by atoms with Crippen molar-refractivity contribution in [3.05, 3.63) is 11.8 Å². The quantitative estimate of drug-likeness (QED) is 0.431. The highest BCUT2D eigenvalue weighted by atomic mass is 14.8. The summed E-state index contributed by atoms with van der Waals surface area (Å²) in [6.07, 6.45) is 3.41. The van der Waals surface area contributed by atoms with Gasteiger partial charge in [-0.15, -0.1) is 0 Å². The largest absolute Gasteiger partial charge is 0.401 e. The molecular formula is C5H9N3. The number of hydrogen-bond acceptors (Lipinski definition) is 3. The Balaban J connectivity index is 2.66. The zero-order valence-corrected chi connectivity index (χ0v) is 4.54. The van der Waals surface area contributed by atoms with E-state index in [4.69, 9.17) is 11.5 Å². The molecule has 1 rings (SSSR count). The van der Waals surface area contributed by atoms with Gasteiger partial charge in [-0.3, -0.25) is 4.99 Å². The Labute approximate surface area is 48.1 Å². The van der Waals surface area contributed by atoms with Crippen LogP contribution >= 0.6 is 0 Å². The van der Waals surface area contributed by atoms with Crippen molar-refractivity contribution >= 4 is 6.21 Å². The van der Waals surface area contributed by atoms with Crippen molar-refractivity contribution in [2.24, 2.45) is 16.5 Å². The average Bonchev–Trinajstić information content (AvgIpc) is 1.77. The Morgan fingerprint density at radius 3 is 2.88 bits per heavy atom. The third kappa shape index (κ3) is 0.869. The lowest BCUT2D eigenvalue weighted by Gasteiger charge is -2.10. The summed E-state index contributed by atoms with van der Waals surface area (Å²) in [5.41, 5.74) is 11.6. The third-order valence-electron chi connectivity index (χ3n) is 1.10. The fourth-order valence-corrected chi connectivity index (χ4v) is 0.542. The molecule has 0 saturated carbocycles. The number of aliphatic imine (C=N–C) groups is 1. The predicted molar refractivity (Wildman–Crippen MR) is 33.6 cm³/mol. The number of nitrogens with two attached hydrogens (primary N) is 2. The van der Waals surface area contributed by atoms with E-state index in [1.807, 2.05) is 0 Å². The molecule has 0 aliphatic carbocycles. The van der Waals surface area contributed by atoms with E-state index in [9.17, 15) is 0 Å². The second kappa shape index (κ2) is 1.96. The fourth-order valence-electron chi connectivity index (χ4n) is 0.542. The van der Waals surface area contributed by atoms with Gasteiger partial charge in [0.25, 0.3) is 0 Å². The minimum absolute atomic E-state index is 0.0556. The van der Waals surface area contributed by atoms with E-state index < -0.39 is 0 Å². The van der Waals surface area contributed by atoms with Gasteiger partial charge in [0.2, 0.25) is 0 Å². The molecule has 0 fully saturated rings. The maximum absolute atomic E-state index is 5.47. The molecule has 0 saturated heterocycles. The summed E-state index contributed by atoms with van der Waals surface area (Å²) in [4.78, 5) is 3.90. The zero-order chi connectivity index (χ0) is 5.98. The van der Waals surface area contributed by atoms with Crippen LogP contribution in [0.4, 0.5) is 0 Å². The molecule has 0 aromatic carbocycles. The van der Waals surface area contributed by atoms with Crippen LogP contribution in [0.3, 0.4) is 0 Å². The van der Waals surface area contributed by atoms with Crippen LogP contribution in [0.15, 0.2) is 16.8 Å². The Kier molecular flexibility index (Phi) is 1.30. The van der Waals surface area contributed by atoms with E-state index in [0.29, 0.717) is 6.54 Å². The summed E-state index contributed by atoms with van der Waals surface area (Å²) >= 11 is 0. The Morgan fingerprint density at radius 1 is 1.75 bits per heavy atom. The normalized spacial score (nSPS) is 27.6. The van der Waals surface area contributed by atoms with E-state index in [1.54, 1.807) is 12.3 Å². The van der Waals surface area contributed by atoms with Gasteiger partial charge >= 0.3 is 0 Å². The molecule has 1 atom stereocenters. The van der Waals surface area contributed by atoms with Crippen LogP contribution < -0.4 is 11.5 Å². The lowest BCUT2D eigenvalue weighted by molar-refractivity contribution is 0.763. The van der Waals surface area contributed by atoms with Gasteiger partial charge < -0.3 is 11.5 Å². The molecule has 3 heteroatoms. The average molecular weight is 111 g/mol. The summed E-state index contributed by atoms with van der Waals surface area (Å²) in [5.74, 6) is 0. The molecule has 0 radical (unpaired) electrons. The first-order valence-electron chi connectivity index (χ1n) is 2.52. The Hall–Kier alpha value is -0.830. The molecule has 1 aliphatic heterocycles. The van der Waals surface area contributed by atoms with Crippen molar-refractivity contribution in [2.45, 2.75) is 6.04 Å². The van der Waals surface area contributed by atoms with Crippen molar-refractivity contribution < 1.29 is 0 Å². The molecule has 4 N–H and O–H groups in total. The lowest BCUT2D eigenvalue weighted by atomic mass is 10.2. The van der Waals surface area contributed by atoms with Crippen molar-refractivity contribution in [1.82, 2.24) is 0 Å². The molecule has 0 aromatic heterocycles. The monoisotopic (exact) mass is 111 g/mol. The SMILES string of the molecule is NC1=CC=NCC1N. The third-order valence-corrected chi connectivity index (χ3v) is 1.10. The highest BCUT2D eigenvalue weighted by Gasteiger charge is 2.04. The number of allylic oxidation sites excluding steroid dienone is 1. The predicted octanol–water partition coefficient (Wildman–Crippen LogP) is -0.759. The molecule has 0 amide bonds. The van der Waals surface area contributed by atoms with E-state index in [-0.39, 0.29) is 6.04 Å². The van der Waals surface area contributed by atoms with Crippen LogP contribution in [0.1, 0.15) is 0 Å². The van der Waals surface area contributed by atoms with Crippen molar-refractivity contribution in [1.29, 1.82) is 0 Å². The zero-order valence-electron chi connectivity index (χ0n) is 4.54. The maximum Gasteiger partial charge on any atom is 0.0641 e. The Bertz CT molecular complexity index is 137. The molecule has 0 bridgehead atoms. The molecule has 0 spiro atoms. The first kappa shape index (κ1) is 5.31. The molecule has 0 aromatic rings. The highest BCUT2D eigenvalue weighted by molar-refractivity contribution is 5.73. The smallest absolute Gasteiger partial charge is 0.0641 e. The maximum atomic E-state index is 5.47.